The van der Waals surface area contributed by atoms with Crippen LogP contribution in [0.2, 0.25) is 0 Å². The van der Waals surface area contributed by atoms with Crippen LogP contribution < -0.4 is 5.32 Å². The lowest BCUT2D eigenvalue weighted by Crippen LogP contribution is -2.31. The van der Waals surface area contributed by atoms with Crippen molar-refractivity contribution in [1.82, 2.24) is 20.5 Å². The highest BCUT2D eigenvalue weighted by atomic mass is 32.2. The highest BCUT2D eigenvalue weighted by molar-refractivity contribution is 7.99. The fourth-order valence-corrected chi connectivity index (χ4v) is 1.68. The molecule has 0 saturated heterocycles. The van der Waals surface area contributed by atoms with Gasteiger partial charge in [0.2, 0.25) is 0 Å². The van der Waals surface area contributed by atoms with E-state index in [-0.39, 0.29) is 0 Å². The molecule has 0 spiro atoms. The molecule has 0 fully saturated rings. The third-order valence-corrected chi connectivity index (χ3v) is 2.52. The molecule has 1 atom stereocenters. The van der Waals surface area contributed by atoms with Crippen molar-refractivity contribution in [2.75, 3.05) is 26.0 Å². The molecule has 1 aromatic heterocycles. The SMILES string of the molecule is COC[C@H](C)NCCSc1ncn[nH]1. The summed E-state index contributed by atoms with van der Waals surface area (Å²) >= 11 is 1.65. The van der Waals surface area contributed by atoms with E-state index in [2.05, 4.69) is 27.4 Å². The molecule has 0 radical (unpaired) electrons. The normalized spacial score (nSPS) is 13.0. The first-order valence-corrected chi connectivity index (χ1v) is 5.52. The minimum absolute atomic E-state index is 0.398. The average molecular weight is 216 g/mol. The molecular weight excluding hydrogens is 200 g/mol. The average Bonchev–Trinajstić information content (AvgIpc) is 2.65. The number of nitrogens with zero attached hydrogens (tertiary/aromatic N) is 2. The lowest BCUT2D eigenvalue weighted by atomic mass is 10.4. The second-order valence-corrected chi connectivity index (χ2v) is 4.03. The van der Waals surface area contributed by atoms with Crippen LogP contribution in [0.1, 0.15) is 6.92 Å². The standard InChI is InChI=1S/C8H16N4OS/c1-7(5-13-2)9-3-4-14-8-10-6-11-12-8/h6-7,9H,3-5H2,1-2H3,(H,10,11,12)/t7-/m0/s1. The van der Waals surface area contributed by atoms with Gasteiger partial charge in [-0.05, 0) is 6.92 Å². The molecular formula is C8H16N4OS. The third kappa shape index (κ3) is 4.59. The Kier molecular flexibility index (Phi) is 5.58. The Morgan fingerprint density at radius 1 is 1.71 bits per heavy atom. The number of ether oxygens (including phenoxy) is 1. The molecule has 1 heterocycles. The first-order chi connectivity index (χ1) is 6.83. The number of methoxy groups -OCH3 is 1. The van der Waals surface area contributed by atoms with Gasteiger partial charge in [-0.3, -0.25) is 5.10 Å². The van der Waals surface area contributed by atoms with E-state index < -0.39 is 0 Å². The van der Waals surface area contributed by atoms with E-state index in [0.717, 1.165) is 24.1 Å². The van der Waals surface area contributed by atoms with Gasteiger partial charge in [0.05, 0.1) is 6.61 Å². The minimum Gasteiger partial charge on any atom is -0.383 e. The molecule has 2 N–H and O–H groups in total. The Morgan fingerprint density at radius 3 is 3.21 bits per heavy atom. The molecule has 0 bridgehead atoms. The number of rotatable bonds is 7. The highest BCUT2D eigenvalue weighted by Crippen LogP contribution is 2.08. The molecule has 5 nitrogen and oxygen atoms in total. The lowest BCUT2D eigenvalue weighted by molar-refractivity contribution is 0.173. The van der Waals surface area contributed by atoms with Gasteiger partial charge in [0.25, 0.3) is 0 Å². The monoisotopic (exact) mass is 216 g/mol. The molecule has 1 aromatic rings. The van der Waals surface area contributed by atoms with Gasteiger partial charge in [-0.1, -0.05) is 11.8 Å². The molecule has 6 heteroatoms. The summed E-state index contributed by atoms with van der Waals surface area (Å²) < 4.78 is 5.01. The second-order valence-electron chi connectivity index (χ2n) is 2.95. The first-order valence-electron chi connectivity index (χ1n) is 4.53. The van der Waals surface area contributed by atoms with E-state index in [9.17, 15) is 0 Å². The summed E-state index contributed by atoms with van der Waals surface area (Å²) in [5, 5.41) is 10.8. The number of aromatic amines is 1. The van der Waals surface area contributed by atoms with Crippen LogP contribution in [-0.4, -0.2) is 47.2 Å². The number of thioether (sulfide) groups is 1. The van der Waals surface area contributed by atoms with Gasteiger partial charge in [-0.25, -0.2) is 4.98 Å². The maximum Gasteiger partial charge on any atom is 0.183 e. The Bertz CT molecular complexity index is 229. The van der Waals surface area contributed by atoms with Crippen molar-refractivity contribution in [1.29, 1.82) is 0 Å². The van der Waals surface area contributed by atoms with E-state index >= 15 is 0 Å². The summed E-state index contributed by atoms with van der Waals surface area (Å²) in [4.78, 5) is 4.01. The minimum atomic E-state index is 0.398. The van der Waals surface area contributed by atoms with Crippen LogP contribution in [0.25, 0.3) is 0 Å². The van der Waals surface area contributed by atoms with Gasteiger partial charge < -0.3 is 10.1 Å². The molecule has 0 aliphatic carbocycles. The lowest BCUT2D eigenvalue weighted by Gasteiger charge is -2.11. The van der Waals surface area contributed by atoms with Gasteiger partial charge in [0.1, 0.15) is 6.33 Å². The first kappa shape index (κ1) is 11.5. The van der Waals surface area contributed by atoms with E-state index in [1.807, 2.05) is 0 Å². The maximum atomic E-state index is 5.01. The molecule has 0 saturated carbocycles. The Morgan fingerprint density at radius 2 is 2.57 bits per heavy atom. The van der Waals surface area contributed by atoms with Crippen LogP contribution in [0.4, 0.5) is 0 Å². The number of aromatic nitrogens is 3. The van der Waals surface area contributed by atoms with Crippen molar-refractivity contribution >= 4 is 11.8 Å². The molecule has 0 aliphatic rings. The fraction of sp³-hybridized carbons (Fsp3) is 0.750. The number of hydrogen-bond donors (Lipinski definition) is 2. The van der Waals surface area contributed by atoms with Crippen LogP contribution in [-0.2, 0) is 4.74 Å². The van der Waals surface area contributed by atoms with E-state index in [1.165, 1.54) is 6.33 Å². The summed E-state index contributed by atoms with van der Waals surface area (Å²) in [5.74, 6) is 0.975. The molecule has 0 aliphatic heterocycles. The summed E-state index contributed by atoms with van der Waals surface area (Å²) in [5.41, 5.74) is 0. The van der Waals surface area contributed by atoms with Crippen molar-refractivity contribution in [3.05, 3.63) is 6.33 Å². The topological polar surface area (TPSA) is 62.8 Å². The Labute approximate surface area is 88.0 Å². The van der Waals surface area contributed by atoms with Gasteiger partial charge in [0, 0.05) is 25.4 Å². The van der Waals surface area contributed by atoms with Crippen LogP contribution in [0, 0.1) is 0 Å². The van der Waals surface area contributed by atoms with Crippen LogP contribution in [0.5, 0.6) is 0 Å². The van der Waals surface area contributed by atoms with E-state index in [1.54, 1.807) is 18.9 Å². The van der Waals surface area contributed by atoms with Gasteiger partial charge in [-0.2, -0.15) is 5.10 Å². The Hall–Kier alpha value is -0.590. The number of H-pyrrole nitrogens is 1. The summed E-state index contributed by atoms with van der Waals surface area (Å²) in [6, 6.07) is 0.398. The van der Waals surface area contributed by atoms with Crippen molar-refractivity contribution in [3.8, 4) is 0 Å². The van der Waals surface area contributed by atoms with Crippen LogP contribution in [0.15, 0.2) is 11.5 Å². The zero-order valence-corrected chi connectivity index (χ0v) is 9.30. The van der Waals surface area contributed by atoms with E-state index in [4.69, 9.17) is 4.74 Å². The quantitative estimate of drug-likeness (QED) is 0.514. The summed E-state index contributed by atoms with van der Waals surface area (Å²) in [6.45, 7) is 3.78. The van der Waals surface area contributed by atoms with Crippen molar-refractivity contribution in [3.63, 3.8) is 0 Å². The molecule has 0 unspecified atom stereocenters. The largest absolute Gasteiger partial charge is 0.383 e. The van der Waals surface area contributed by atoms with Crippen molar-refractivity contribution in [2.24, 2.45) is 0 Å². The predicted octanol–water partition coefficient (Wildman–Crippen LogP) is 0.521. The number of hydrogen-bond acceptors (Lipinski definition) is 5. The molecule has 80 valence electrons. The molecule has 0 amide bonds. The Balaban J connectivity index is 1.99. The smallest absolute Gasteiger partial charge is 0.183 e. The predicted molar refractivity (Wildman–Crippen MR) is 56.4 cm³/mol. The van der Waals surface area contributed by atoms with Gasteiger partial charge in [0.15, 0.2) is 5.16 Å². The second kappa shape index (κ2) is 6.80. The van der Waals surface area contributed by atoms with E-state index in [0.29, 0.717) is 6.04 Å². The zero-order valence-electron chi connectivity index (χ0n) is 8.49. The molecule has 14 heavy (non-hydrogen) atoms. The molecule has 0 aromatic carbocycles. The maximum absolute atomic E-state index is 5.01. The fourth-order valence-electron chi connectivity index (χ4n) is 1.03. The zero-order chi connectivity index (χ0) is 10.2. The summed E-state index contributed by atoms with van der Waals surface area (Å²) in [6.07, 6.45) is 1.52. The summed E-state index contributed by atoms with van der Waals surface area (Å²) in [7, 11) is 1.71. The van der Waals surface area contributed by atoms with Gasteiger partial charge in [-0.15, -0.1) is 0 Å². The van der Waals surface area contributed by atoms with Crippen LogP contribution in [0.3, 0.4) is 0 Å². The van der Waals surface area contributed by atoms with Crippen LogP contribution >= 0.6 is 11.8 Å². The highest BCUT2D eigenvalue weighted by Gasteiger charge is 2.00. The molecule has 1 rings (SSSR count). The van der Waals surface area contributed by atoms with Crippen molar-refractivity contribution < 1.29 is 4.74 Å². The number of nitrogens with one attached hydrogen (secondary N) is 2. The van der Waals surface area contributed by atoms with Gasteiger partial charge >= 0.3 is 0 Å². The third-order valence-electron chi connectivity index (χ3n) is 1.64. The van der Waals surface area contributed by atoms with Crippen molar-refractivity contribution in [2.45, 2.75) is 18.1 Å².